The summed E-state index contributed by atoms with van der Waals surface area (Å²) in [6.07, 6.45) is 44.7. The molecule has 2 atom stereocenters. The van der Waals surface area contributed by atoms with E-state index in [1.54, 1.807) is 0 Å². The van der Waals surface area contributed by atoms with E-state index in [0.717, 1.165) is 64.2 Å². The van der Waals surface area contributed by atoms with Crippen LogP contribution in [-0.2, 0) is 19.1 Å². The predicted octanol–water partition coefficient (Wildman–Crippen LogP) is 14.8. The lowest BCUT2D eigenvalue weighted by Gasteiger charge is -2.14. The number of esters is 2. The molecule has 2 unspecified atom stereocenters. The Balaban J connectivity index is 4.07. The fourth-order valence-electron chi connectivity index (χ4n) is 6.69. The molecule has 0 aliphatic carbocycles. The molecule has 0 bridgehead atoms. The van der Waals surface area contributed by atoms with Crippen LogP contribution in [0.2, 0.25) is 0 Å². The van der Waals surface area contributed by atoms with Gasteiger partial charge in [0, 0.05) is 18.8 Å². The van der Waals surface area contributed by atoms with E-state index in [1.165, 1.54) is 135 Å². The fraction of sp³-hybridized carbons (Fsp3) is 0.911. The van der Waals surface area contributed by atoms with E-state index in [1.807, 2.05) is 0 Å². The second-order valence-corrected chi connectivity index (χ2v) is 15.2. The average molecular weight is 691 g/mol. The SMILES string of the molecule is CCCCCCCCCCCCCCCCCC(=O)OCC(C=CCCCCCCC(=O)OCC(CC)CCCC)CCCCCCCC. The highest BCUT2D eigenvalue weighted by atomic mass is 16.5. The average Bonchev–Trinajstić information content (AvgIpc) is 3.11. The van der Waals surface area contributed by atoms with Crippen LogP contribution in [0.1, 0.15) is 240 Å². The molecule has 0 aromatic heterocycles. The number of carbonyl (C=O) groups excluding carboxylic acids is 2. The minimum Gasteiger partial charge on any atom is -0.465 e. The van der Waals surface area contributed by atoms with Gasteiger partial charge in [0.25, 0.3) is 0 Å². The molecule has 0 saturated heterocycles. The maximum Gasteiger partial charge on any atom is 0.305 e. The Hall–Kier alpha value is -1.32. The first-order chi connectivity index (χ1) is 24.1. The molecule has 0 aromatic carbocycles. The third-order valence-corrected chi connectivity index (χ3v) is 10.3. The molecule has 4 heteroatoms. The van der Waals surface area contributed by atoms with Crippen LogP contribution >= 0.6 is 0 Å². The Morgan fingerprint density at radius 1 is 0.449 bits per heavy atom. The highest BCUT2D eigenvalue weighted by molar-refractivity contribution is 5.69. The smallest absolute Gasteiger partial charge is 0.305 e. The number of rotatable bonds is 39. The molecular weight excluding hydrogens is 604 g/mol. The zero-order valence-corrected chi connectivity index (χ0v) is 33.7. The normalized spacial score (nSPS) is 12.8. The molecule has 0 heterocycles. The van der Waals surface area contributed by atoms with Gasteiger partial charge in [-0.3, -0.25) is 9.59 Å². The van der Waals surface area contributed by atoms with E-state index in [4.69, 9.17) is 9.47 Å². The first kappa shape index (κ1) is 47.7. The number of carbonyl (C=O) groups is 2. The second kappa shape index (κ2) is 39.5. The summed E-state index contributed by atoms with van der Waals surface area (Å²) < 4.78 is 11.3. The lowest BCUT2D eigenvalue weighted by Crippen LogP contribution is -2.13. The van der Waals surface area contributed by atoms with Gasteiger partial charge in [0.15, 0.2) is 0 Å². The zero-order valence-electron chi connectivity index (χ0n) is 33.7. The van der Waals surface area contributed by atoms with Gasteiger partial charge >= 0.3 is 11.9 Å². The topological polar surface area (TPSA) is 52.6 Å². The van der Waals surface area contributed by atoms with Crippen LogP contribution in [0.25, 0.3) is 0 Å². The molecule has 0 saturated carbocycles. The zero-order chi connectivity index (χ0) is 35.9. The molecule has 0 N–H and O–H groups in total. The van der Waals surface area contributed by atoms with Crippen molar-refractivity contribution in [3.05, 3.63) is 12.2 Å². The quantitative estimate of drug-likeness (QED) is 0.0366. The van der Waals surface area contributed by atoms with Crippen LogP contribution in [-0.4, -0.2) is 25.2 Å². The van der Waals surface area contributed by atoms with E-state index in [-0.39, 0.29) is 11.9 Å². The highest BCUT2D eigenvalue weighted by Gasteiger charge is 2.11. The minimum absolute atomic E-state index is 0.0132. The van der Waals surface area contributed by atoms with Crippen molar-refractivity contribution in [3.63, 3.8) is 0 Å². The van der Waals surface area contributed by atoms with Crippen LogP contribution in [0, 0.1) is 11.8 Å². The fourth-order valence-corrected chi connectivity index (χ4v) is 6.69. The van der Waals surface area contributed by atoms with Crippen molar-refractivity contribution in [3.8, 4) is 0 Å². The molecule has 0 aromatic rings. The summed E-state index contributed by atoms with van der Waals surface area (Å²) in [7, 11) is 0. The summed E-state index contributed by atoms with van der Waals surface area (Å²) in [5.74, 6) is 0.806. The van der Waals surface area contributed by atoms with Crippen LogP contribution in [0.15, 0.2) is 12.2 Å². The van der Waals surface area contributed by atoms with Crippen LogP contribution in [0.5, 0.6) is 0 Å². The number of ether oxygens (including phenoxy) is 2. The van der Waals surface area contributed by atoms with Gasteiger partial charge in [0.1, 0.15) is 0 Å². The summed E-state index contributed by atoms with van der Waals surface area (Å²) in [4.78, 5) is 24.6. The Morgan fingerprint density at radius 3 is 1.33 bits per heavy atom. The standard InChI is InChI=1S/C45H86O4/c1-5-9-12-14-16-17-18-19-20-21-22-23-24-29-33-39-45(47)49-41-43(36-31-27-15-13-10-6-2)37-32-28-25-26-30-34-38-44(46)48-40-42(8-4)35-11-7-3/h32,37,42-43H,5-31,33-36,38-41H2,1-4H3. The summed E-state index contributed by atoms with van der Waals surface area (Å²) in [6.45, 7) is 10.1. The van der Waals surface area contributed by atoms with Gasteiger partial charge in [0.05, 0.1) is 13.2 Å². The lowest BCUT2D eigenvalue weighted by atomic mass is 9.99. The third-order valence-electron chi connectivity index (χ3n) is 10.3. The number of hydrogen-bond acceptors (Lipinski definition) is 4. The predicted molar refractivity (Wildman–Crippen MR) is 213 cm³/mol. The maximum atomic E-state index is 12.5. The van der Waals surface area contributed by atoms with E-state index in [9.17, 15) is 9.59 Å². The van der Waals surface area contributed by atoms with Gasteiger partial charge in [-0.1, -0.05) is 200 Å². The first-order valence-electron chi connectivity index (χ1n) is 22.0. The van der Waals surface area contributed by atoms with Gasteiger partial charge in [-0.25, -0.2) is 0 Å². The molecule has 4 nitrogen and oxygen atoms in total. The van der Waals surface area contributed by atoms with Gasteiger partial charge in [-0.15, -0.1) is 0 Å². The number of allylic oxidation sites excluding steroid dienone is 1. The number of hydrogen-bond donors (Lipinski definition) is 0. The molecule has 0 aliphatic heterocycles. The van der Waals surface area contributed by atoms with Gasteiger partial charge in [-0.05, 0) is 44.4 Å². The van der Waals surface area contributed by atoms with E-state index in [2.05, 4.69) is 39.8 Å². The summed E-state index contributed by atoms with van der Waals surface area (Å²) in [5.41, 5.74) is 0. The maximum absolute atomic E-state index is 12.5. The largest absolute Gasteiger partial charge is 0.465 e. The minimum atomic E-state index is -0.0264. The summed E-state index contributed by atoms with van der Waals surface area (Å²) >= 11 is 0. The Kier molecular flexibility index (Phi) is 38.4. The molecule has 0 rings (SSSR count). The van der Waals surface area contributed by atoms with Crippen molar-refractivity contribution in [2.24, 2.45) is 11.8 Å². The molecular formula is C45H86O4. The van der Waals surface area contributed by atoms with Gasteiger partial charge in [0.2, 0.25) is 0 Å². The van der Waals surface area contributed by atoms with Crippen molar-refractivity contribution < 1.29 is 19.1 Å². The molecule has 0 radical (unpaired) electrons. The van der Waals surface area contributed by atoms with E-state index in [0.29, 0.717) is 37.9 Å². The monoisotopic (exact) mass is 691 g/mol. The van der Waals surface area contributed by atoms with Crippen molar-refractivity contribution in [2.75, 3.05) is 13.2 Å². The van der Waals surface area contributed by atoms with Crippen molar-refractivity contribution in [1.29, 1.82) is 0 Å². The summed E-state index contributed by atoms with van der Waals surface area (Å²) in [5, 5.41) is 0. The van der Waals surface area contributed by atoms with Crippen molar-refractivity contribution in [2.45, 2.75) is 240 Å². The Bertz CT molecular complexity index is 717. The first-order valence-corrected chi connectivity index (χ1v) is 22.0. The van der Waals surface area contributed by atoms with Crippen LogP contribution < -0.4 is 0 Å². The van der Waals surface area contributed by atoms with Gasteiger partial charge in [-0.2, -0.15) is 0 Å². The number of unbranched alkanes of at least 4 members (excludes halogenated alkanes) is 24. The Morgan fingerprint density at radius 2 is 0.857 bits per heavy atom. The summed E-state index contributed by atoms with van der Waals surface area (Å²) in [6, 6.07) is 0. The van der Waals surface area contributed by atoms with Crippen molar-refractivity contribution >= 4 is 11.9 Å². The molecule has 49 heavy (non-hydrogen) atoms. The third kappa shape index (κ3) is 36.3. The van der Waals surface area contributed by atoms with Crippen molar-refractivity contribution in [1.82, 2.24) is 0 Å². The lowest BCUT2D eigenvalue weighted by molar-refractivity contribution is -0.146. The molecule has 0 amide bonds. The highest BCUT2D eigenvalue weighted by Crippen LogP contribution is 2.18. The molecule has 0 spiro atoms. The van der Waals surface area contributed by atoms with Crippen LogP contribution in [0.3, 0.4) is 0 Å². The van der Waals surface area contributed by atoms with E-state index < -0.39 is 0 Å². The molecule has 290 valence electrons. The Labute approximate surface area is 307 Å². The van der Waals surface area contributed by atoms with Crippen LogP contribution in [0.4, 0.5) is 0 Å². The van der Waals surface area contributed by atoms with E-state index >= 15 is 0 Å². The molecule has 0 aliphatic rings. The molecule has 0 fully saturated rings. The van der Waals surface area contributed by atoms with Gasteiger partial charge < -0.3 is 9.47 Å². The second-order valence-electron chi connectivity index (χ2n) is 15.2.